The maximum Gasteiger partial charge on any atom is 0.0333 e. The minimum Gasteiger partial charge on any atom is -0.352 e. The van der Waals surface area contributed by atoms with E-state index in [-0.39, 0.29) is 0 Å². The molecule has 0 aromatic carbocycles. The number of nitrogens with zero attached hydrogens (tertiary/aromatic N) is 1. The molecule has 0 aromatic rings. The van der Waals surface area contributed by atoms with Gasteiger partial charge in [0, 0.05) is 18.4 Å². The molecule has 1 aliphatic heterocycles. The number of hydrogen-bond donors (Lipinski definition) is 0. The number of rotatable bonds is 6. The van der Waals surface area contributed by atoms with Crippen molar-refractivity contribution < 1.29 is 0 Å². The second-order valence-electron chi connectivity index (χ2n) is 6.40. The van der Waals surface area contributed by atoms with Crippen LogP contribution in [0.5, 0.6) is 0 Å². The van der Waals surface area contributed by atoms with Gasteiger partial charge in [-0.1, -0.05) is 30.6 Å². The molecule has 1 saturated carbocycles. The van der Waals surface area contributed by atoms with Gasteiger partial charge < -0.3 is 4.90 Å². The van der Waals surface area contributed by atoms with E-state index < -0.39 is 0 Å². The standard InChI is InChI=1S/C18H29N/c1-4-6-17-7-5-12-19(14-17)18-11-10-16(13-18)9-8-15(2)3/h5,12,14,16,18H,2,4,6-11,13H2,1,3H3. The molecule has 2 unspecified atom stereocenters. The molecular formula is C18H29N. The first-order valence-corrected chi connectivity index (χ1v) is 7.97. The smallest absolute Gasteiger partial charge is 0.0333 e. The molecule has 0 radical (unpaired) electrons. The molecule has 1 nitrogen and oxygen atoms in total. The van der Waals surface area contributed by atoms with E-state index in [2.05, 4.69) is 43.8 Å². The zero-order valence-corrected chi connectivity index (χ0v) is 12.7. The molecule has 0 bridgehead atoms. The molecule has 1 heterocycles. The van der Waals surface area contributed by atoms with Crippen LogP contribution in [0.25, 0.3) is 0 Å². The van der Waals surface area contributed by atoms with Crippen LogP contribution in [0, 0.1) is 5.92 Å². The summed E-state index contributed by atoms with van der Waals surface area (Å²) >= 11 is 0. The van der Waals surface area contributed by atoms with Gasteiger partial charge in [0.25, 0.3) is 0 Å². The summed E-state index contributed by atoms with van der Waals surface area (Å²) in [5, 5.41) is 0. The third-order valence-corrected chi connectivity index (χ3v) is 4.47. The van der Waals surface area contributed by atoms with Gasteiger partial charge >= 0.3 is 0 Å². The largest absolute Gasteiger partial charge is 0.352 e. The van der Waals surface area contributed by atoms with Crippen LogP contribution in [0.3, 0.4) is 0 Å². The Balaban J connectivity index is 1.84. The van der Waals surface area contributed by atoms with Gasteiger partial charge in [-0.05, 0) is 57.8 Å². The highest BCUT2D eigenvalue weighted by atomic mass is 15.1. The zero-order valence-electron chi connectivity index (χ0n) is 12.7. The molecule has 0 aromatic heterocycles. The van der Waals surface area contributed by atoms with Crippen molar-refractivity contribution in [3.63, 3.8) is 0 Å². The first kappa shape index (κ1) is 14.4. The lowest BCUT2D eigenvalue weighted by Gasteiger charge is -2.28. The summed E-state index contributed by atoms with van der Waals surface area (Å²) in [6, 6.07) is 0.749. The van der Waals surface area contributed by atoms with Crippen molar-refractivity contribution in [2.75, 3.05) is 0 Å². The Morgan fingerprint density at radius 2 is 2.26 bits per heavy atom. The normalized spacial score (nSPS) is 26.6. The molecule has 0 spiro atoms. The monoisotopic (exact) mass is 259 g/mol. The van der Waals surface area contributed by atoms with Crippen LogP contribution in [0.15, 0.2) is 36.2 Å². The van der Waals surface area contributed by atoms with Crippen molar-refractivity contribution in [1.82, 2.24) is 4.90 Å². The Labute approximate surface area is 119 Å². The molecule has 2 atom stereocenters. The summed E-state index contributed by atoms with van der Waals surface area (Å²) < 4.78 is 0. The van der Waals surface area contributed by atoms with E-state index >= 15 is 0 Å². The average molecular weight is 259 g/mol. The molecule has 19 heavy (non-hydrogen) atoms. The third-order valence-electron chi connectivity index (χ3n) is 4.47. The van der Waals surface area contributed by atoms with Crippen LogP contribution in [-0.2, 0) is 0 Å². The molecular weight excluding hydrogens is 230 g/mol. The Bertz CT molecular complexity index is 364. The van der Waals surface area contributed by atoms with Gasteiger partial charge in [-0.3, -0.25) is 0 Å². The van der Waals surface area contributed by atoms with Gasteiger partial charge in [0.15, 0.2) is 0 Å². The van der Waals surface area contributed by atoms with Gasteiger partial charge in [-0.15, -0.1) is 6.58 Å². The van der Waals surface area contributed by atoms with E-state index in [1.54, 1.807) is 5.57 Å². The molecule has 0 saturated heterocycles. The molecule has 0 amide bonds. The number of allylic oxidation sites excluding steroid dienone is 3. The highest BCUT2D eigenvalue weighted by molar-refractivity contribution is 5.15. The van der Waals surface area contributed by atoms with Crippen LogP contribution < -0.4 is 0 Å². The third kappa shape index (κ3) is 4.26. The van der Waals surface area contributed by atoms with E-state index in [0.717, 1.165) is 18.4 Å². The fourth-order valence-corrected chi connectivity index (χ4v) is 3.38. The minimum absolute atomic E-state index is 0.749. The maximum absolute atomic E-state index is 4.02. The van der Waals surface area contributed by atoms with E-state index in [4.69, 9.17) is 0 Å². The van der Waals surface area contributed by atoms with E-state index in [1.165, 1.54) is 50.5 Å². The Morgan fingerprint density at radius 3 is 3.00 bits per heavy atom. The zero-order chi connectivity index (χ0) is 13.7. The summed E-state index contributed by atoms with van der Waals surface area (Å²) in [6.45, 7) is 8.45. The second kappa shape index (κ2) is 6.98. The summed E-state index contributed by atoms with van der Waals surface area (Å²) in [7, 11) is 0. The lowest BCUT2D eigenvalue weighted by atomic mass is 9.99. The summed E-state index contributed by atoms with van der Waals surface area (Å²) in [5.74, 6) is 0.917. The predicted octanol–water partition coefficient (Wildman–Crippen LogP) is 5.41. The Hall–Kier alpha value is -0.980. The van der Waals surface area contributed by atoms with Crippen molar-refractivity contribution in [1.29, 1.82) is 0 Å². The second-order valence-corrected chi connectivity index (χ2v) is 6.40. The van der Waals surface area contributed by atoms with Gasteiger partial charge in [0.1, 0.15) is 0 Å². The SMILES string of the molecule is C=C(C)CCC1CCC(N2C=CCC(CCC)=C2)C1. The summed E-state index contributed by atoms with van der Waals surface area (Å²) in [6.07, 6.45) is 17.4. The lowest BCUT2D eigenvalue weighted by molar-refractivity contribution is 0.346. The van der Waals surface area contributed by atoms with Gasteiger partial charge in [-0.2, -0.15) is 0 Å². The van der Waals surface area contributed by atoms with Gasteiger partial charge in [0.05, 0.1) is 0 Å². The molecule has 1 fully saturated rings. The first-order valence-electron chi connectivity index (χ1n) is 7.97. The topological polar surface area (TPSA) is 3.24 Å². The van der Waals surface area contributed by atoms with E-state index in [0.29, 0.717) is 0 Å². The van der Waals surface area contributed by atoms with Crippen molar-refractivity contribution in [3.8, 4) is 0 Å². The molecule has 106 valence electrons. The molecule has 2 rings (SSSR count). The van der Waals surface area contributed by atoms with E-state index in [1.807, 2.05) is 0 Å². The van der Waals surface area contributed by atoms with Crippen LogP contribution in [0.4, 0.5) is 0 Å². The van der Waals surface area contributed by atoms with Crippen molar-refractivity contribution in [2.24, 2.45) is 5.92 Å². The average Bonchev–Trinajstić information content (AvgIpc) is 2.86. The van der Waals surface area contributed by atoms with Crippen LogP contribution in [-0.4, -0.2) is 10.9 Å². The highest BCUT2D eigenvalue weighted by Crippen LogP contribution is 2.34. The minimum atomic E-state index is 0.749. The van der Waals surface area contributed by atoms with Gasteiger partial charge in [0.2, 0.25) is 0 Å². The van der Waals surface area contributed by atoms with Crippen molar-refractivity contribution in [2.45, 2.75) is 71.3 Å². The quantitative estimate of drug-likeness (QED) is 0.576. The fraction of sp³-hybridized carbons (Fsp3) is 0.667. The van der Waals surface area contributed by atoms with Crippen LogP contribution in [0.1, 0.15) is 65.2 Å². The van der Waals surface area contributed by atoms with Gasteiger partial charge in [-0.25, -0.2) is 0 Å². The predicted molar refractivity (Wildman–Crippen MR) is 83.8 cm³/mol. The van der Waals surface area contributed by atoms with E-state index in [9.17, 15) is 0 Å². The van der Waals surface area contributed by atoms with Crippen LogP contribution >= 0.6 is 0 Å². The maximum atomic E-state index is 4.02. The fourth-order valence-electron chi connectivity index (χ4n) is 3.38. The molecule has 0 N–H and O–H groups in total. The highest BCUT2D eigenvalue weighted by Gasteiger charge is 2.27. The molecule has 2 aliphatic rings. The van der Waals surface area contributed by atoms with Crippen molar-refractivity contribution >= 4 is 0 Å². The lowest BCUT2D eigenvalue weighted by Crippen LogP contribution is -2.25. The van der Waals surface area contributed by atoms with Crippen LogP contribution in [0.2, 0.25) is 0 Å². The Kier molecular flexibility index (Phi) is 5.30. The summed E-state index contributed by atoms with van der Waals surface area (Å²) in [5.41, 5.74) is 2.95. The molecule has 1 heteroatoms. The first-order chi connectivity index (χ1) is 9.19. The number of hydrogen-bond acceptors (Lipinski definition) is 1. The Morgan fingerprint density at radius 1 is 1.42 bits per heavy atom. The molecule has 1 aliphatic carbocycles. The summed E-state index contributed by atoms with van der Waals surface area (Å²) in [4.78, 5) is 2.50. The van der Waals surface area contributed by atoms with Crippen molar-refractivity contribution in [3.05, 3.63) is 36.2 Å².